The average Bonchev–Trinajstić information content (AvgIpc) is 3.24. The van der Waals surface area contributed by atoms with Crippen molar-refractivity contribution in [1.29, 1.82) is 0 Å². The van der Waals surface area contributed by atoms with Gasteiger partial charge in [-0.25, -0.2) is 9.59 Å². The Balaban J connectivity index is 1.84. The fourth-order valence-electron chi connectivity index (χ4n) is 5.09. The Morgan fingerprint density at radius 2 is 1.97 bits per heavy atom. The largest absolute Gasteiger partial charge is 0.496 e. The number of cyclic esters (lactones) is 1. The van der Waals surface area contributed by atoms with E-state index in [0.717, 1.165) is 30.8 Å². The third kappa shape index (κ3) is 6.57. The molecule has 3 rings (SSSR count). The number of hydrogen-bond donors (Lipinski definition) is 3. The number of methoxy groups -OCH3 is 1. The Labute approximate surface area is 213 Å². The maximum atomic E-state index is 12.6. The van der Waals surface area contributed by atoms with Gasteiger partial charge in [-0.15, -0.1) is 0 Å². The molecule has 0 saturated carbocycles. The molecule has 1 unspecified atom stereocenters. The molecule has 2 aliphatic rings. The molecule has 0 radical (unpaired) electrons. The highest BCUT2D eigenvalue weighted by molar-refractivity contribution is 6.05. The highest BCUT2D eigenvalue weighted by Gasteiger charge is 2.32. The van der Waals surface area contributed by atoms with Gasteiger partial charge >= 0.3 is 18.0 Å². The van der Waals surface area contributed by atoms with Gasteiger partial charge in [-0.05, 0) is 78.1 Å². The molecule has 1 aromatic carbocycles. The van der Waals surface area contributed by atoms with Crippen molar-refractivity contribution in [2.24, 2.45) is 5.92 Å². The summed E-state index contributed by atoms with van der Waals surface area (Å²) < 4.78 is 11.0. The van der Waals surface area contributed by atoms with Crippen LogP contribution in [0.5, 0.6) is 5.75 Å². The van der Waals surface area contributed by atoms with Crippen LogP contribution in [-0.4, -0.2) is 61.3 Å². The minimum atomic E-state index is -0.785. The Morgan fingerprint density at radius 1 is 1.25 bits per heavy atom. The first-order valence-corrected chi connectivity index (χ1v) is 12.8. The number of aliphatic carboxylic acids is 1. The lowest BCUT2D eigenvalue weighted by Crippen LogP contribution is -2.32. The smallest absolute Gasteiger partial charge is 0.341 e. The summed E-state index contributed by atoms with van der Waals surface area (Å²) in [5.74, 6) is -1.14. The van der Waals surface area contributed by atoms with E-state index in [0.29, 0.717) is 53.9 Å². The Kier molecular flexibility index (Phi) is 9.75. The number of anilines is 1. The second-order valence-corrected chi connectivity index (χ2v) is 9.61. The first kappa shape index (κ1) is 27.5. The second kappa shape index (κ2) is 12.8. The minimum Gasteiger partial charge on any atom is -0.496 e. The molecule has 0 spiro atoms. The van der Waals surface area contributed by atoms with Crippen LogP contribution in [0.2, 0.25) is 0 Å². The molecule has 1 atom stereocenters. The van der Waals surface area contributed by atoms with Crippen LogP contribution in [0.25, 0.3) is 0 Å². The molecule has 0 aliphatic carbocycles. The molecule has 1 aromatic rings. The third-order valence-electron chi connectivity index (χ3n) is 7.07. The summed E-state index contributed by atoms with van der Waals surface area (Å²) in [5.41, 5.74) is 3.84. The van der Waals surface area contributed by atoms with Crippen LogP contribution in [0.1, 0.15) is 73.0 Å². The van der Waals surface area contributed by atoms with Crippen molar-refractivity contribution in [3.05, 3.63) is 33.9 Å². The van der Waals surface area contributed by atoms with E-state index >= 15 is 0 Å². The fourth-order valence-corrected chi connectivity index (χ4v) is 5.09. The normalized spacial score (nSPS) is 16.8. The summed E-state index contributed by atoms with van der Waals surface area (Å²) in [6.45, 7) is 9.06. The molecule has 9 nitrogen and oxygen atoms in total. The van der Waals surface area contributed by atoms with Crippen LogP contribution in [0, 0.1) is 12.8 Å². The number of fused-ring (bicyclic) bond motifs is 1. The standard InChI is InChI=1S/C27H39N3O6/c1-5-28-27(34)29-23-20(24(35-4)18(3)21-16-36-26(33)22(21)23)10-9-17(2)15-19(25(31)32)11-14-30-12-7-6-8-13-30/h9,19H,5-8,10-16H2,1-4H3,(H,31,32)(H2,28,29,34)/b17-9+. The quantitative estimate of drug-likeness (QED) is 0.306. The summed E-state index contributed by atoms with van der Waals surface area (Å²) in [7, 11) is 1.56. The van der Waals surface area contributed by atoms with E-state index in [1.165, 1.54) is 19.3 Å². The van der Waals surface area contributed by atoms with Gasteiger partial charge in [-0.1, -0.05) is 18.1 Å². The van der Waals surface area contributed by atoms with Gasteiger partial charge < -0.3 is 30.1 Å². The number of carboxylic acid groups (broad SMARTS) is 1. The second-order valence-electron chi connectivity index (χ2n) is 9.61. The monoisotopic (exact) mass is 501 g/mol. The van der Waals surface area contributed by atoms with Gasteiger partial charge in [0, 0.05) is 17.7 Å². The van der Waals surface area contributed by atoms with Gasteiger partial charge in [0.25, 0.3) is 0 Å². The molecule has 36 heavy (non-hydrogen) atoms. The zero-order chi connectivity index (χ0) is 26.2. The maximum absolute atomic E-state index is 12.6. The fraction of sp³-hybridized carbons (Fsp3) is 0.593. The van der Waals surface area contributed by atoms with E-state index in [4.69, 9.17) is 9.47 Å². The first-order chi connectivity index (χ1) is 17.3. The summed E-state index contributed by atoms with van der Waals surface area (Å²) in [5, 5.41) is 15.3. The van der Waals surface area contributed by atoms with E-state index in [1.54, 1.807) is 7.11 Å². The number of carbonyl (C=O) groups excluding carboxylic acids is 2. The van der Waals surface area contributed by atoms with Crippen LogP contribution in [0.3, 0.4) is 0 Å². The number of benzene rings is 1. The van der Waals surface area contributed by atoms with Crippen molar-refractivity contribution in [3.8, 4) is 5.75 Å². The third-order valence-corrected chi connectivity index (χ3v) is 7.07. The van der Waals surface area contributed by atoms with Crippen LogP contribution < -0.4 is 15.4 Å². The summed E-state index contributed by atoms with van der Waals surface area (Å²) in [6, 6.07) is -0.420. The van der Waals surface area contributed by atoms with Gasteiger partial charge in [0.05, 0.1) is 24.3 Å². The number of carboxylic acids is 1. The lowest BCUT2D eigenvalue weighted by atomic mass is 9.92. The Morgan fingerprint density at radius 3 is 2.61 bits per heavy atom. The van der Waals surface area contributed by atoms with E-state index in [2.05, 4.69) is 15.5 Å². The molecule has 2 amide bonds. The molecule has 2 aliphatic heterocycles. The van der Waals surface area contributed by atoms with Crippen molar-refractivity contribution < 1.29 is 29.0 Å². The topological polar surface area (TPSA) is 117 Å². The molecule has 1 fully saturated rings. The highest BCUT2D eigenvalue weighted by Crippen LogP contribution is 2.41. The predicted octanol–water partition coefficient (Wildman–Crippen LogP) is 4.27. The van der Waals surface area contributed by atoms with Crippen molar-refractivity contribution in [3.63, 3.8) is 0 Å². The van der Waals surface area contributed by atoms with Crippen LogP contribution >= 0.6 is 0 Å². The van der Waals surface area contributed by atoms with Crippen molar-refractivity contribution in [2.75, 3.05) is 38.6 Å². The lowest BCUT2D eigenvalue weighted by molar-refractivity contribution is -0.142. The average molecular weight is 502 g/mol. The lowest BCUT2D eigenvalue weighted by Gasteiger charge is -2.27. The first-order valence-electron chi connectivity index (χ1n) is 12.8. The Hall–Kier alpha value is -3.07. The summed E-state index contributed by atoms with van der Waals surface area (Å²) in [4.78, 5) is 39.3. The molecule has 0 bridgehead atoms. The molecule has 1 saturated heterocycles. The molecule has 198 valence electrons. The number of esters is 1. The van der Waals surface area contributed by atoms with Crippen LogP contribution in [-0.2, 0) is 22.6 Å². The number of ether oxygens (including phenoxy) is 2. The van der Waals surface area contributed by atoms with E-state index in [9.17, 15) is 19.5 Å². The van der Waals surface area contributed by atoms with E-state index in [-0.39, 0.29) is 6.61 Å². The number of likely N-dealkylation sites (tertiary alicyclic amines) is 1. The van der Waals surface area contributed by atoms with E-state index < -0.39 is 23.9 Å². The SMILES string of the molecule is CCNC(=O)Nc1c(C/C=C(\C)CC(CCN2CCCCC2)C(=O)O)c(OC)c(C)c2c1C(=O)OC2. The molecule has 3 N–H and O–H groups in total. The van der Waals surface area contributed by atoms with Gasteiger partial charge in [0.1, 0.15) is 12.4 Å². The predicted molar refractivity (Wildman–Crippen MR) is 138 cm³/mol. The number of urea groups is 1. The van der Waals surface area contributed by atoms with Crippen molar-refractivity contribution in [2.45, 2.75) is 65.9 Å². The van der Waals surface area contributed by atoms with Gasteiger partial charge in [-0.3, -0.25) is 4.79 Å². The van der Waals surface area contributed by atoms with Crippen LogP contribution in [0.15, 0.2) is 11.6 Å². The number of allylic oxidation sites excluding steroid dienone is 2. The molecular weight excluding hydrogens is 462 g/mol. The maximum Gasteiger partial charge on any atom is 0.341 e. The molecular formula is C27H39N3O6. The molecule has 2 heterocycles. The van der Waals surface area contributed by atoms with Crippen LogP contribution in [0.4, 0.5) is 10.5 Å². The molecule has 0 aromatic heterocycles. The number of hydrogen-bond acceptors (Lipinski definition) is 6. The van der Waals surface area contributed by atoms with Gasteiger partial charge in [0.2, 0.25) is 0 Å². The number of amides is 2. The summed E-state index contributed by atoms with van der Waals surface area (Å²) >= 11 is 0. The number of nitrogens with one attached hydrogen (secondary N) is 2. The van der Waals surface area contributed by atoms with Crippen molar-refractivity contribution in [1.82, 2.24) is 10.2 Å². The zero-order valence-corrected chi connectivity index (χ0v) is 21.9. The molecule has 9 heteroatoms. The van der Waals surface area contributed by atoms with Crippen molar-refractivity contribution >= 4 is 23.7 Å². The minimum absolute atomic E-state index is 0.132. The number of nitrogens with zero attached hydrogens (tertiary/aromatic N) is 1. The van der Waals surface area contributed by atoms with Gasteiger partial charge in [-0.2, -0.15) is 0 Å². The Bertz CT molecular complexity index is 1010. The zero-order valence-electron chi connectivity index (χ0n) is 21.9. The van der Waals surface area contributed by atoms with E-state index in [1.807, 2.05) is 26.8 Å². The summed E-state index contributed by atoms with van der Waals surface area (Å²) in [6.07, 6.45) is 6.99. The number of piperidine rings is 1. The van der Waals surface area contributed by atoms with Gasteiger partial charge in [0.15, 0.2) is 0 Å². The highest BCUT2D eigenvalue weighted by atomic mass is 16.5. The number of rotatable bonds is 11. The number of carbonyl (C=O) groups is 3.